The van der Waals surface area contributed by atoms with Crippen LogP contribution in [0.2, 0.25) is 5.02 Å². The van der Waals surface area contributed by atoms with Crippen LogP contribution in [0.3, 0.4) is 0 Å². The first kappa shape index (κ1) is 19.4. The Labute approximate surface area is 172 Å². The highest BCUT2D eigenvalue weighted by Crippen LogP contribution is 2.21. The van der Waals surface area contributed by atoms with E-state index in [1.807, 2.05) is 6.07 Å². The second kappa shape index (κ2) is 9.07. The molecular weight excluding hydrogens is 396 g/mol. The van der Waals surface area contributed by atoms with Crippen molar-refractivity contribution < 1.29 is 23.5 Å². The highest BCUT2D eigenvalue weighted by Gasteiger charge is 2.16. The fourth-order valence-corrected chi connectivity index (χ4v) is 3.11. The zero-order valence-electron chi connectivity index (χ0n) is 15.5. The molecule has 0 radical (unpaired) electrons. The third kappa shape index (κ3) is 5.13. The number of hydrogen-bond acceptors (Lipinski definition) is 7. The molecule has 8 heteroatoms. The molecule has 29 heavy (non-hydrogen) atoms. The molecule has 150 valence electrons. The molecule has 3 aromatic rings. The first-order valence-corrected chi connectivity index (χ1v) is 9.65. The minimum Gasteiger partial charge on any atom is -0.491 e. The molecule has 0 unspecified atom stereocenters. The number of nitrogens with zero attached hydrogens (tertiary/aromatic N) is 2. The van der Waals surface area contributed by atoms with Crippen molar-refractivity contribution in [3.63, 3.8) is 0 Å². The molecule has 1 aliphatic rings. The van der Waals surface area contributed by atoms with Crippen LogP contribution >= 0.6 is 11.6 Å². The summed E-state index contributed by atoms with van der Waals surface area (Å²) in [5.74, 6) is 0.773. The van der Waals surface area contributed by atoms with Gasteiger partial charge < -0.3 is 18.7 Å². The second-order valence-corrected chi connectivity index (χ2v) is 7.01. The molecule has 0 bridgehead atoms. The van der Waals surface area contributed by atoms with Gasteiger partial charge in [-0.15, -0.1) is 0 Å². The Hall–Kier alpha value is -2.90. The molecule has 1 saturated heterocycles. The fraction of sp³-hybridized carbons (Fsp3) is 0.286. The molecule has 2 heterocycles. The average molecular weight is 415 g/mol. The predicted octanol–water partition coefficient (Wildman–Crippen LogP) is 4.30. The monoisotopic (exact) mass is 414 g/mol. The molecule has 1 fully saturated rings. The summed E-state index contributed by atoms with van der Waals surface area (Å²) < 4.78 is 21.6. The Morgan fingerprint density at radius 3 is 2.83 bits per heavy atom. The Kier molecular flexibility index (Phi) is 6.07. The predicted molar refractivity (Wildman–Crippen MR) is 105 cm³/mol. The van der Waals surface area contributed by atoms with Gasteiger partial charge in [0.25, 0.3) is 5.89 Å². The van der Waals surface area contributed by atoms with Gasteiger partial charge >= 0.3 is 5.97 Å². The van der Waals surface area contributed by atoms with Crippen LogP contribution in [0.5, 0.6) is 5.75 Å². The first-order valence-electron chi connectivity index (χ1n) is 9.27. The van der Waals surface area contributed by atoms with Crippen LogP contribution < -0.4 is 4.74 Å². The molecule has 0 spiro atoms. The molecule has 1 atom stereocenters. The summed E-state index contributed by atoms with van der Waals surface area (Å²) in [6.07, 6.45) is 2.23. The zero-order valence-corrected chi connectivity index (χ0v) is 16.3. The molecule has 0 amide bonds. The highest BCUT2D eigenvalue weighted by molar-refractivity contribution is 6.30. The first-order chi connectivity index (χ1) is 14.2. The maximum atomic E-state index is 12.2. The van der Waals surface area contributed by atoms with Crippen molar-refractivity contribution in [2.24, 2.45) is 0 Å². The number of carbonyl (C=O) groups is 1. The zero-order chi connectivity index (χ0) is 20.1. The Morgan fingerprint density at radius 1 is 1.21 bits per heavy atom. The molecule has 0 saturated carbocycles. The van der Waals surface area contributed by atoms with Crippen molar-refractivity contribution in [2.45, 2.75) is 25.6 Å². The fourth-order valence-electron chi connectivity index (χ4n) is 2.92. The lowest BCUT2D eigenvalue weighted by Gasteiger charge is -2.11. The van der Waals surface area contributed by atoms with E-state index in [-0.39, 0.29) is 18.6 Å². The number of ether oxygens (including phenoxy) is 3. The van der Waals surface area contributed by atoms with Crippen molar-refractivity contribution in [1.82, 2.24) is 10.1 Å². The third-order valence-corrected chi connectivity index (χ3v) is 4.66. The summed E-state index contributed by atoms with van der Waals surface area (Å²) in [6.45, 7) is 1.18. The summed E-state index contributed by atoms with van der Waals surface area (Å²) in [7, 11) is 0. The van der Waals surface area contributed by atoms with E-state index in [4.69, 9.17) is 30.3 Å². The molecule has 0 aliphatic carbocycles. The van der Waals surface area contributed by atoms with Crippen molar-refractivity contribution in [3.05, 3.63) is 65.0 Å². The Balaban J connectivity index is 1.29. The number of aromatic nitrogens is 2. The van der Waals surface area contributed by atoms with Crippen LogP contribution in [-0.4, -0.2) is 35.4 Å². The standard InChI is InChI=1S/C21H19ClN2O5/c22-16-4-1-3-15(11-16)20-23-19(29-24-20)13-28-21(25)14-6-8-17(9-7-14)27-12-18-5-2-10-26-18/h1,3-4,6-9,11,18H,2,5,10,12-13H2/t18-/m1/s1. The summed E-state index contributed by atoms with van der Waals surface area (Å²) in [4.78, 5) is 16.4. The lowest BCUT2D eigenvalue weighted by molar-refractivity contribution is 0.0429. The summed E-state index contributed by atoms with van der Waals surface area (Å²) in [5, 5.41) is 4.45. The van der Waals surface area contributed by atoms with Gasteiger partial charge in [-0.2, -0.15) is 4.98 Å². The number of rotatable bonds is 7. The average Bonchev–Trinajstić information content (AvgIpc) is 3.43. The van der Waals surface area contributed by atoms with E-state index in [9.17, 15) is 4.79 Å². The van der Waals surface area contributed by atoms with Crippen molar-refractivity contribution >= 4 is 17.6 Å². The van der Waals surface area contributed by atoms with E-state index < -0.39 is 5.97 Å². The summed E-state index contributed by atoms with van der Waals surface area (Å²) in [6, 6.07) is 13.9. The van der Waals surface area contributed by atoms with Crippen LogP contribution in [0, 0.1) is 0 Å². The normalized spacial score (nSPS) is 16.0. The smallest absolute Gasteiger partial charge is 0.338 e. The van der Waals surface area contributed by atoms with Crippen molar-refractivity contribution in [1.29, 1.82) is 0 Å². The van der Waals surface area contributed by atoms with E-state index >= 15 is 0 Å². The molecule has 1 aliphatic heterocycles. The van der Waals surface area contributed by atoms with Crippen LogP contribution in [0.15, 0.2) is 53.1 Å². The van der Waals surface area contributed by atoms with E-state index in [1.165, 1.54) is 0 Å². The minimum atomic E-state index is -0.488. The molecule has 7 nitrogen and oxygen atoms in total. The largest absolute Gasteiger partial charge is 0.491 e. The van der Waals surface area contributed by atoms with Crippen molar-refractivity contribution in [2.75, 3.05) is 13.2 Å². The Morgan fingerprint density at radius 2 is 2.07 bits per heavy atom. The van der Waals surface area contributed by atoms with Crippen LogP contribution in [0.4, 0.5) is 0 Å². The highest BCUT2D eigenvalue weighted by atomic mass is 35.5. The van der Waals surface area contributed by atoms with Gasteiger partial charge in [0.2, 0.25) is 5.82 Å². The number of halogens is 1. The van der Waals surface area contributed by atoms with Crippen LogP contribution in [-0.2, 0) is 16.1 Å². The second-order valence-electron chi connectivity index (χ2n) is 6.57. The van der Waals surface area contributed by atoms with Gasteiger partial charge in [0.15, 0.2) is 6.61 Å². The third-order valence-electron chi connectivity index (χ3n) is 4.43. The van der Waals surface area contributed by atoms with Gasteiger partial charge in [-0.05, 0) is 49.2 Å². The Bertz CT molecular complexity index is 967. The topological polar surface area (TPSA) is 83.7 Å². The van der Waals surface area contributed by atoms with Gasteiger partial charge in [-0.1, -0.05) is 28.9 Å². The minimum absolute atomic E-state index is 0.121. The number of benzene rings is 2. The lowest BCUT2D eigenvalue weighted by atomic mass is 10.2. The molecular formula is C21H19ClN2O5. The van der Waals surface area contributed by atoms with Gasteiger partial charge in [0, 0.05) is 17.2 Å². The van der Waals surface area contributed by atoms with E-state index in [0.29, 0.717) is 28.8 Å². The van der Waals surface area contributed by atoms with E-state index in [2.05, 4.69) is 10.1 Å². The summed E-state index contributed by atoms with van der Waals surface area (Å²) >= 11 is 5.97. The number of hydrogen-bond donors (Lipinski definition) is 0. The lowest BCUT2D eigenvalue weighted by Crippen LogP contribution is -2.16. The molecule has 0 N–H and O–H groups in total. The SMILES string of the molecule is O=C(OCc1nc(-c2cccc(Cl)c2)no1)c1ccc(OC[C@H]2CCCO2)cc1. The number of carbonyl (C=O) groups excluding carboxylic acids is 1. The van der Waals surface area contributed by atoms with Gasteiger partial charge in [-0.3, -0.25) is 0 Å². The van der Waals surface area contributed by atoms with E-state index in [1.54, 1.807) is 42.5 Å². The van der Waals surface area contributed by atoms with E-state index in [0.717, 1.165) is 25.0 Å². The van der Waals surface area contributed by atoms with Crippen LogP contribution in [0.25, 0.3) is 11.4 Å². The van der Waals surface area contributed by atoms with Crippen molar-refractivity contribution in [3.8, 4) is 17.1 Å². The maximum Gasteiger partial charge on any atom is 0.338 e. The maximum absolute atomic E-state index is 12.2. The van der Waals surface area contributed by atoms with Crippen LogP contribution in [0.1, 0.15) is 29.1 Å². The van der Waals surface area contributed by atoms with Gasteiger partial charge in [0.05, 0.1) is 11.7 Å². The summed E-state index contributed by atoms with van der Waals surface area (Å²) in [5.41, 5.74) is 1.13. The quantitative estimate of drug-likeness (QED) is 0.533. The number of esters is 1. The van der Waals surface area contributed by atoms with Gasteiger partial charge in [0.1, 0.15) is 12.4 Å². The molecule has 2 aromatic carbocycles. The molecule has 1 aromatic heterocycles. The molecule has 4 rings (SSSR count). The van der Waals surface area contributed by atoms with Gasteiger partial charge in [-0.25, -0.2) is 4.79 Å².